The van der Waals surface area contributed by atoms with E-state index < -0.39 is 0 Å². The average molecular weight is 309 g/mol. The van der Waals surface area contributed by atoms with Crippen molar-refractivity contribution in [3.05, 3.63) is 11.6 Å². The van der Waals surface area contributed by atoms with Crippen LogP contribution < -0.4 is 10.6 Å². The normalized spacial score (nSPS) is 16.2. The van der Waals surface area contributed by atoms with E-state index in [2.05, 4.69) is 39.2 Å². The molecule has 7 heteroatoms. The van der Waals surface area contributed by atoms with Gasteiger partial charge in [-0.25, -0.2) is 0 Å². The Hall–Kier alpha value is -1.47. The molecule has 2 rings (SSSR count). The lowest BCUT2D eigenvalue weighted by Crippen LogP contribution is -2.32. The van der Waals surface area contributed by atoms with E-state index in [1.54, 1.807) is 7.11 Å². The first-order chi connectivity index (χ1) is 10.6. The van der Waals surface area contributed by atoms with Gasteiger partial charge in [0.25, 0.3) is 0 Å². The van der Waals surface area contributed by atoms with Crippen molar-refractivity contribution < 1.29 is 9.53 Å². The van der Waals surface area contributed by atoms with Crippen LogP contribution in [0.4, 0.5) is 0 Å². The lowest BCUT2D eigenvalue weighted by molar-refractivity contribution is -0.122. The first-order valence-corrected chi connectivity index (χ1v) is 8.02. The number of carbonyl (C=O) groups is 1. The van der Waals surface area contributed by atoms with Gasteiger partial charge in [-0.05, 0) is 12.3 Å². The average Bonchev–Trinajstić information content (AvgIpc) is 2.72. The van der Waals surface area contributed by atoms with Gasteiger partial charge in [0.15, 0.2) is 5.82 Å². The maximum Gasteiger partial charge on any atom is 0.222 e. The third-order valence-electron chi connectivity index (χ3n) is 3.78. The summed E-state index contributed by atoms with van der Waals surface area (Å²) < 4.78 is 7.13. The summed E-state index contributed by atoms with van der Waals surface area (Å²) in [5.74, 6) is 2.33. The van der Waals surface area contributed by atoms with Crippen LogP contribution in [0.2, 0.25) is 0 Å². The number of amides is 1. The number of fused-ring (bicyclic) bond motifs is 1. The SMILES string of the molecule is COCCC(=O)NC(CC(C)C)c1nnc2n1CCNCC2. The van der Waals surface area contributed by atoms with Gasteiger partial charge in [-0.15, -0.1) is 10.2 Å². The Bertz CT molecular complexity index is 486. The van der Waals surface area contributed by atoms with Gasteiger partial charge in [-0.1, -0.05) is 13.8 Å². The predicted octanol–water partition coefficient (Wildman–Crippen LogP) is 0.664. The van der Waals surface area contributed by atoms with Crippen molar-refractivity contribution in [3.63, 3.8) is 0 Å². The topological polar surface area (TPSA) is 81.1 Å². The first kappa shape index (κ1) is 16.9. The molecule has 0 aliphatic carbocycles. The van der Waals surface area contributed by atoms with Crippen LogP contribution in [0, 0.1) is 5.92 Å². The molecule has 0 bridgehead atoms. The summed E-state index contributed by atoms with van der Waals surface area (Å²) in [6.45, 7) is 7.41. The van der Waals surface area contributed by atoms with E-state index in [-0.39, 0.29) is 11.9 Å². The Morgan fingerprint density at radius 3 is 2.95 bits per heavy atom. The highest BCUT2D eigenvalue weighted by Gasteiger charge is 2.24. The minimum Gasteiger partial charge on any atom is -0.384 e. The standard InChI is InChI=1S/C15H27N5O2/c1-11(2)10-12(17-14(21)5-9-22-3)15-19-18-13-4-6-16-7-8-20(13)15/h11-12,16H,4-10H2,1-3H3,(H,17,21). The Labute approximate surface area is 131 Å². The highest BCUT2D eigenvalue weighted by atomic mass is 16.5. The molecule has 1 aliphatic rings. The van der Waals surface area contributed by atoms with Gasteiger partial charge < -0.3 is 19.9 Å². The fourth-order valence-corrected chi connectivity index (χ4v) is 2.71. The van der Waals surface area contributed by atoms with Gasteiger partial charge in [0.05, 0.1) is 12.6 Å². The molecule has 1 aromatic heterocycles. The molecule has 2 N–H and O–H groups in total. The molecule has 1 unspecified atom stereocenters. The first-order valence-electron chi connectivity index (χ1n) is 8.02. The summed E-state index contributed by atoms with van der Waals surface area (Å²) in [6, 6.07) is -0.0938. The molecule has 0 radical (unpaired) electrons. The summed E-state index contributed by atoms with van der Waals surface area (Å²) >= 11 is 0. The largest absolute Gasteiger partial charge is 0.384 e. The van der Waals surface area contributed by atoms with Gasteiger partial charge in [0.1, 0.15) is 5.82 Å². The maximum absolute atomic E-state index is 12.1. The smallest absolute Gasteiger partial charge is 0.222 e. The van der Waals surface area contributed by atoms with Crippen LogP contribution in [0.3, 0.4) is 0 Å². The molecule has 124 valence electrons. The zero-order valence-electron chi connectivity index (χ0n) is 13.8. The van der Waals surface area contributed by atoms with E-state index in [9.17, 15) is 4.79 Å². The Balaban J connectivity index is 2.14. The summed E-state index contributed by atoms with van der Waals surface area (Å²) in [5.41, 5.74) is 0. The molecule has 2 heterocycles. The van der Waals surface area contributed by atoms with Crippen molar-refractivity contribution in [1.29, 1.82) is 0 Å². The van der Waals surface area contributed by atoms with E-state index in [1.165, 1.54) is 0 Å². The van der Waals surface area contributed by atoms with Crippen LogP contribution in [-0.2, 0) is 22.5 Å². The van der Waals surface area contributed by atoms with E-state index in [0.29, 0.717) is 18.9 Å². The number of hydrogen-bond acceptors (Lipinski definition) is 5. The van der Waals surface area contributed by atoms with Gasteiger partial charge in [0, 0.05) is 39.6 Å². The van der Waals surface area contributed by atoms with Crippen molar-refractivity contribution in [2.24, 2.45) is 5.92 Å². The molecule has 1 atom stereocenters. The number of hydrogen-bond donors (Lipinski definition) is 2. The molecule has 22 heavy (non-hydrogen) atoms. The van der Waals surface area contributed by atoms with Crippen LogP contribution >= 0.6 is 0 Å². The Morgan fingerprint density at radius 1 is 1.41 bits per heavy atom. The number of carbonyl (C=O) groups excluding carboxylic acids is 1. The molecule has 7 nitrogen and oxygen atoms in total. The number of aromatic nitrogens is 3. The third kappa shape index (κ3) is 4.51. The molecular weight excluding hydrogens is 282 g/mol. The highest BCUT2D eigenvalue weighted by Crippen LogP contribution is 2.21. The molecule has 1 aliphatic heterocycles. The van der Waals surface area contributed by atoms with Crippen LogP contribution in [0.25, 0.3) is 0 Å². The lowest BCUT2D eigenvalue weighted by Gasteiger charge is -2.21. The molecule has 0 aromatic carbocycles. The second-order valence-corrected chi connectivity index (χ2v) is 6.12. The zero-order chi connectivity index (χ0) is 15.9. The van der Waals surface area contributed by atoms with Crippen molar-refractivity contribution >= 4 is 5.91 Å². The van der Waals surface area contributed by atoms with Crippen molar-refractivity contribution in [2.45, 2.75) is 45.7 Å². The van der Waals surface area contributed by atoms with Gasteiger partial charge in [0.2, 0.25) is 5.91 Å². The lowest BCUT2D eigenvalue weighted by atomic mass is 10.0. The molecule has 1 aromatic rings. The minimum absolute atomic E-state index is 0.00315. The van der Waals surface area contributed by atoms with Crippen molar-refractivity contribution in [1.82, 2.24) is 25.4 Å². The van der Waals surface area contributed by atoms with E-state index in [4.69, 9.17) is 4.74 Å². The van der Waals surface area contributed by atoms with Crippen LogP contribution in [0.5, 0.6) is 0 Å². The van der Waals surface area contributed by atoms with Gasteiger partial charge in [-0.3, -0.25) is 4.79 Å². The fourth-order valence-electron chi connectivity index (χ4n) is 2.71. The van der Waals surface area contributed by atoms with Crippen LogP contribution in [0.15, 0.2) is 0 Å². The molecular formula is C15H27N5O2. The van der Waals surface area contributed by atoms with Crippen molar-refractivity contribution in [3.8, 4) is 0 Å². The number of nitrogens with one attached hydrogen (secondary N) is 2. The van der Waals surface area contributed by atoms with Crippen molar-refractivity contribution in [2.75, 3.05) is 26.8 Å². The monoisotopic (exact) mass is 309 g/mol. The second-order valence-electron chi connectivity index (χ2n) is 6.12. The summed E-state index contributed by atoms with van der Waals surface area (Å²) in [7, 11) is 1.60. The minimum atomic E-state index is -0.0938. The fraction of sp³-hybridized carbons (Fsp3) is 0.800. The second kappa shape index (κ2) is 8.24. The van der Waals surface area contributed by atoms with E-state index in [1.807, 2.05) is 0 Å². The highest BCUT2D eigenvalue weighted by molar-refractivity contribution is 5.76. The van der Waals surface area contributed by atoms with Crippen LogP contribution in [0.1, 0.15) is 44.4 Å². The molecule has 0 saturated carbocycles. The van der Waals surface area contributed by atoms with Crippen LogP contribution in [-0.4, -0.2) is 47.5 Å². The summed E-state index contributed by atoms with van der Waals surface area (Å²) in [4.78, 5) is 12.1. The van der Waals surface area contributed by atoms with E-state index in [0.717, 1.165) is 44.1 Å². The Kier molecular flexibility index (Phi) is 6.33. The van der Waals surface area contributed by atoms with Gasteiger partial charge >= 0.3 is 0 Å². The number of ether oxygens (including phenoxy) is 1. The summed E-state index contributed by atoms with van der Waals surface area (Å²) in [5, 5.41) is 15.1. The number of nitrogens with zero attached hydrogens (tertiary/aromatic N) is 3. The summed E-state index contributed by atoms with van der Waals surface area (Å²) in [6.07, 6.45) is 2.09. The third-order valence-corrected chi connectivity index (χ3v) is 3.78. The molecule has 1 amide bonds. The number of rotatable bonds is 7. The zero-order valence-corrected chi connectivity index (χ0v) is 13.8. The molecule has 0 spiro atoms. The molecule has 0 saturated heterocycles. The molecule has 0 fully saturated rings. The predicted molar refractivity (Wildman–Crippen MR) is 83.4 cm³/mol. The quantitative estimate of drug-likeness (QED) is 0.773. The number of methoxy groups -OCH3 is 1. The Morgan fingerprint density at radius 2 is 2.23 bits per heavy atom. The van der Waals surface area contributed by atoms with E-state index >= 15 is 0 Å². The van der Waals surface area contributed by atoms with Gasteiger partial charge in [-0.2, -0.15) is 0 Å². The maximum atomic E-state index is 12.1.